The average Bonchev–Trinajstić information content (AvgIpc) is 2.90. The van der Waals surface area contributed by atoms with Gasteiger partial charge in [-0.2, -0.15) is 0 Å². The Bertz CT molecular complexity index is 356. The van der Waals surface area contributed by atoms with Gasteiger partial charge in [-0.15, -0.1) is 46.4 Å². The molecule has 0 saturated carbocycles. The Labute approximate surface area is 150 Å². The molecule has 3 atom stereocenters. The van der Waals surface area contributed by atoms with Gasteiger partial charge in [0.2, 0.25) is 5.91 Å². The number of nitrogens with zero attached hydrogens (tertiary/aromatic N) is 3. The molecule has 3 unspecified atom stereocenters. The Balaban J connectivity index is 2.36. The third-order valence-corrected chi connectivity index (χ3v) is 4.93. The number of alkyl halides is 4. The molecule has 0 N–H and O–H groups in total. The van der Waals surface area contributed by atoms with Gasteiger partial charge in [0.05, 0.1) is 12.0 Å². The second-order valence-corrected chi connectivity index (χ2v) is 6.77. The summed E-state index contributed by atoms with van der Waals surface area (Å²) in [5.74, 6) is 1.02. The lowest BCUT2D eigenvalue weighted by Gasteiger charge is -2.29. The van der Waals surface area contributed by atoms with Gasteiger partial charge < -0.3 is 14.7 Å². The predicted octanol–water partition coefficient (Wildman–Crippen LogP) is 2.22. The quantitative estimate of drug-likeness (QED) is 0.596. The maximum absolute atomic E-state index is 12.7. The van der Waals surface area contributed by atoms with Crippen molar-refractivity contribution in [3.8, 4) is 0 Å². The van der Waals surface area contributed by atoms with E-state index in [1.54, 1.807) is 14.7 Å². The minimum absolute atomic E-state index is 0.00273. The largest absolute Gasteiger partial charge is 0.322 e. The fourth-order valence-corrected chi connectivity index (χ4v) is 4.20. The zero-order valence-electron chi connectivity index (χ0n) is 12.1. The molecule has 126 valence electrons. The molecule has 2 heterocycles. The van der Waals surface area contributed by atoms with Crippen molar-refractivity contribution in [3.05, 3.63) is 0 Å². The maximum atomic E-state index is 12.7. The molecule has 0 spiro atoms. The molecule has 0 bridgehead atoms. The van der Waals surface area contributed by atoms with Crippen LogP contribution >= 0.6 is 46.4 Å². The second kappa shape index (κ2) is 8.13. The van der Waals surface area contributed by atoms with Crippen molar-refractivity contribution in [3.63, 3.8) is 0 Å². The molecule has 3 amide bonds. The number of amides is 3. The van der Waals surface area contributed by atoms with Crippen molar-refractivity contribution in [1.82, 2.24) is 14.7 Å². The maximum Gasteiger partial charge on any atom is 0.322 e. The Kier molecular flexibility index (Phi) is 6.74. The van der Waals surface area contributed by atoms with Gasteiger partial charge >= 0.3 is 6.03 Å². The van der Waals surface area contributed by atoms with Crippen molar-refractivity contribution in [2.45, 2.75) is 18.6 Å². The van der Waals surface area contributed by atoms with Crippen molar-refractivity contribution < 1.29 is 9.59 Å². The van der Waals surface area contributed by atoms with Gasteiger partial charge in [-0.1, -0.05) is 0 Å². The van der Waals surface area contributed by atoms with E-state index in [-0.39, 0.29) is 30.1 Å². The third-order valence-electron chi connectivity index (χ3n) is 4.20. The number of fused-ring (bicyclic) bond motifs is 1. The van der Waals surface area contributed by atoms with Crippen LogP contribution < -0.4 is 0 Å². The lowest BCUT2D eigenvalue weighted by Crippen LogP contribution is -2.48. The summed E-state index contributed by atoms with van der Waals surface area (Å²) in [5, 5.41) is 0. The highest BCUT2D eigenvalue weighted by Gasteiger charge is 2.59. The number of rotatable bonds is 8. The van der Waals surface area contributed by atoms with Crippen LogP contribution in [-0.2, 0) is 4.79 Å². The summed E-state index contributed by atoms with van der Waals surface area (Å²) in [5.41, 5.74) is 0. The van der Waals surface area contributed by atoms with E-state index in [9.17, 15) is 9.59 Å². The number of carbonyl (C=O) groups is 2. The van der Waals surface area contributed by atoms with Crippen LogP contribution in [0.25, 0.3) is 0 Å². The molecule has 0 aromatic heterocycles. The fraction of sp³-hybridized carbons (Fsp3) is 0.846. The predicted molar refractivity (Wildman–Crippen MR) is 89.1 cm³/mol. The topological polar surface area (TPSA) is 43.9 Å². The van der Waals surface area contributed by atoms with Crippen LogP contribution in [0.2, 0.25) is 0 Å². The number of urea groups is 1. The minimum atomic E-state index is -0.325. The van der Waals surface area contributed by atoms with Crippen LogP contribution in [0.3, 0.4) is 0 Å². The monoisotopic (exact) mass is 389 g/mol. The first-order chi connectivity index (χ1) is 10.6. The molecular weight excluding hydrogens is 372 g/mol. The van der Waals surface area contributed by atoms with E-state index in [1.165, 1.54) is 0 Å². The van der Waals surface area contributed by atoms with Gasteiger partial charge in [0.1, 0.15) is 6.17 Å². The second-order valence-electron chi connectivity index (χ2n) is 5.26. The van der Waals surface area contributed by atoms with E-state index in [1.807, 2.05) is 0 Å². The normalized spacial score (nSPS) is 28.0. The van der Waals surface area contributed by atoms with Crippen molar-refractivity contribution in [2.75, 3.05) is 43.2 Å². The van der Waals surface area contributed by atoms with Crippen LogP contribution in [-0.4, -0.2) is 82.0 Å². The highest BCUT2D eigenvalue weighted by atomic mass is 35.5. The van der Waals surface area contributed by atoms with E-state index >= 15 is 0 Å². The summed E-state index contributed by atoms with van der Waals surface area (Å²) in [6.45, 7) is 1.20. The highest BCUT2D eigenvalue weighted by molar-refractivity contribution is 6.19. The SMILES string of the molecule is O=C1C(CCCl)C2C(N1CCCl)N(CCCl)C(=O)N2CCCl. The van der Waals surface area contributed by atoms with Crippen LogP contribution in [0.15, 0.2) is 0 Å². The Morgan fingerprint density at radius 1 is 0.773 bits per heavy atom. The van der Waals surface area contributed by atoms with Crippen LogP contribution in [0.1, 0.15) is 6.42 Å². The van der Waals surface area contributed by atoms with E-state index in [2.05, 4.69) is 0 Å². The van der Waals surface area contributed by atoms with Gasteiger partial charge in [0.25, 0.3) is 0 Å². The number of halogens is 4. The molecule has 5 nitrogen and oxygen atoms in total. The summed E-state index contributed by atoms with van der Waals surface area (Å²) in [6, 6.07) is -0.355. The van der Waals surface area contributed by atoms with Gasteiger partial charge in [-0.3, -0.25) is 4.79 Å². The molecule has 2 aliphatic heterocycles. The fourth-order valence-electron chi connectivity index (χ4n) is 3.42. The Morgan fingerprint density at radius 3 is 1.86 bits per heavy atom. The number of hydrogen-bond acceptors (Lipinski definition) is 2. The molecule has 0 aromatic rings. The summed E-state index contributed by atoms with van der Waals surface area (Å²) in [7, 11) is 0. The zero-order valence-corrected chi connectivity index (χ0v) is 15.1. The zero-order chi connectivity index (χ0) is 16.3. The minimum Gasteiger partial charge on any atom is -0.319 e. The molecule has 2 aliphatic rings. The lowest BCUT2D eigenvalue weighted by molar-refractivity contribution is -0.133. The molecule has 2 rings (SSSR count). The van der Waals surface area contributed by atoms with Gasteiger partial charge in [-0.25, -0.2) is 4.79 Å². The highest BCUT2D eigenvalue weighted by Crippen LogP contribution is 2.39. The van der Waals surface area contributed by atoms with Crippen molar-refractivity contribution in [2.24, 2.45) is 5.92 Å². The van der Waals surface area contributed by atoms with E-state index in [0.29, 0.717) is 49.6 Å². The molecule has 2 fully saturated rings. The van der Waals surface area contributed by atoms with Crippen molar-refractivity contribution in [1.29, 1.82) is 0 Å². The summed E-state index contributed by atoms with van der Waals surface area (Å²) < 4.78 is 0. The lowest BCUT2D eigenvalue weighted by atomic mass is 9.98. The van der Waals surface area contributed by atoms with E-state index in [0.717, 1.165) is 0 Å². The van der Waals surface area contributed by atoms with Gasteiger partial charge in [0, 0.05) is 43.2 Å². The molecular formula is C13H19Cl4N3O2. The first-order valence-electron chi connectivity index (χ1n) is 7.23. The van der Waals surface area contributed by atoms with Gasteiger partial charge in [0.15, 0.2) is 0 Å². The first kappa shape index (κ1) is 18.2. The number of carbonyl (C=O) groups excluding carboxylic acids is 2. The molecule has 0 aliphatic carbocycles. The van der Waals surface area contributed by atoms with Gasteiger partial charge in [-0.05, 0) is 6.42 Å². The van der Waals surface area contributed by atoms with Crippen LogP contribution in [0.5, 0.6) is 0 Å². The van der Waals surface area contributed by atoms with E-state index < -0.39 is 0 Å². The summed E-state index contributed by atoms with van der Waals surface area (Å²) >= 11 is 23.4. The molecule has 22 heavy (non-hydrogen) atoms. The summed E-state index contributed by atoms with van der Waals surface area (Å²) in [4.78, 5) is 30.4. The van der Waals surface area contributed by atoms with Crippen LogP contribution in [0, 0.1) is 5.92 Å². The standard InChI is InChI=1S/C13H19Cl4N3O2/c14-2-1-9-10-11(19(7-4-16)12(9)21)20(8-5-17)13(22)18(10)6-3-15/h9-11H,1-8H2. The summed E-state index contributed by atoms with van der Waals surface area (Å²) in [6.07, 6.45) is 0.204. The Morgan fingerprint density at radius 2 is 1.32 bits per heavy atom. The van der Waals surface area contributed by atoms with Crippen molar-refractivity contribution >= 4 is 58.3 Å². The Hall–Kier alpha value is -0.100. The van der Waals surface area contributed by atoms with Crippen LogP contribution in [0.4, 0.5) is 4.79 Å². The average molecular weight is 391 g/mol. The first-order valence-corrected chi connectivity index (χ1v) is 9.37. The molecule has 0 radical (unpaired) electrons. The number of likely N-dealkylation sites (tertiary alicyclic amines) is 1. The van der Waals surface area contributed by atoms with E-state index in [4.69, 9.17) is 46.4 Å². The third kappa shape index (κ3) is 3.10. The number of hydrogen-bond donors (Lipinski definition) is 0. The molecule has 0 aromatic carbocycles. The smallest absolute Gasteiger partial charge is 0.319 e. The molecule has 2 saturated heterocycles. The molecule has 9 heteroatoms.